The predicted molar refractivity (Wildman–Crippen MR) is 88.3 cm³/mol. The molecule has 0 spiro atoms. The van der Waals surface area contributed by atoms with E-state index >= 15 is 0 Å². The molecule has 2 rings (SSSR count). The molecule has 1 aromatic heterocycles. The van der Waals surface area contributed by atoms with Crippen LogP contribution in [0.3, 0.4) is 0 Å². The van der Waals surface area contributed by atoms with Gasteiger partial charge in [0.1, 0.15) is 11.8 Å². The van der Waals surface area contributed by atoms with Crippen LogP contribution in [0.1, 0.15) is 63.2 Å². The molecule has 1 saturated heterocycles. The van der Waals surface area contributed by atoms with Crippen LogP contribution in [-0.4, -0.2) is 44.6 Å². The normalized spacial score (nSPS) is 18.5. The Balaban J connectivity index is 2.21. The minimum absolute atomic E-state index is 0.0774. The van der Waals surface area contributed by atoms with E-state index in [1.54, 1.807) is 4.90 Å². The molecule has 0 bridgehead atoms. The molecule has 0 saturated carbocycles. The second kappa shape index (κ2) is 6.91. The number of carbonyl (C=O) groups is 1. The van der Waals surface area contributed by atoms with Gasteiger partial charge in [-0.1, -0.05) is 0 Å². The molecule has 1 aliphatic rings. The average Bonchev–Trinajstić information content (AvgIpc) is 3.01. The summed E-state index contributed by atoms with van der Waals surface area (Å²) in [5, 5.41) is 13.7. The molecule has 1 amide bonds. The molecule has 23 heavy (non-hydrogen) atoms. The molecule has 1 N–H and O–H groups in total. The largest absolute Gasteiger partial charge is 0.444 e. The molecule has 2 heterocycles. The van der Waals surface area contributed by atoms with Crippen LogP contribution in [0.25, 0.3) is 0 Å². The summed E-state index contributed by atoms with van der Waals surface area (Å²) in [6, 6.07) is 0. The first-order valence-electron chi connectivity index (χ1n) is 8.39. The van der Waals surface area contributed by atoms with Crippen molar-refractivity contribution >= 4 is 6.09 Å². The number of likely N-dealkylation sites (tertiary alicyclic amines) is 1. The number of nitrogens with zero attached hydrogens (tertiary/aromatic N) is 3. The molecular formula is C17H29N3O3. The number of aliphatic hydroxyl groups is 1. The van der Waals surface area contributed by atoms with E-state index < -0.39 is 5.60 Å². The van der Waals surface area contributed by atoms with Gasteiger partial charge in [-0.25, -0.2) is 9.48 Å². The second-order valence-electron chi connectivity index (χ2n) is 7.22. The third-order valence-corrected chi connectivity index (χ3v) is 4.19. The smallest absolute Gasteiger partial charge is 0.411 e. The van der Waals surface area contributed by atoms with Gasteiger partial charge < -0.3 is 9.84 Å². The molecule has 0 radical (unpaired) electrons. The molecule has 1 atom stereocenters. The van der Waals surface area contributed by atoms with E-state index in [0.29, 0.717) is 6.54 Å². The summed E-state index contributed by atoms with van der Waals surface area (Å²) in [7, 11) is 0. The van der Waals surface area contributed by atoms with E-state index in [0.717, 1.165) is 37.1 Å². The fraction of sp³-hybridized carbons (Fsp3) is 0.765. The first-order chi connectivity index (χ1) is 10.7. The van der Waals surface area contributed by atoms with Crippen LogP contribution in [0, 0.1) is 13.8 Å². The zero-order valence-electron chi connectivity index (χ0n) is 14.9. The highest BCUT2D eigenvalue weighted by Crippen LogP contribution is 2.31. The maximum Gasteiger partial charge on any atom is 0.411 e. The first kappa shape index (κ1) is 17.8. The van der Waals surface area contributed by atoms with E-state index in [-0.39, 0.29) is 18.9 Å². The zero-order valence-corrected chi connectivity index (χ0v) is 14.9. The Morgan fingerprint density at radius 1 is 1.39 bits per heavy atom. The van der Waals surface area contributed by atoms with Crippen molar-refractivity contribution < 1.29 is 14.6 Å². The highest BCUT2D eigenvalue weighted by Gasteiger charge is 2.35. The van der Waals surface area contributed by atoms with Crippen LogP contribution in [0.2, 0.25) is 0 Å². The lowest BCUT2D eigenvalue weighted by Crippen LogP contribution is -2.38. The summed E-state index contributed by atoms with van der Waals surface area (Å²) in [6.07, 6.45) is 3.03. The Hall–Kier alpha value is -1.56. The van der Waals surface area contributed by atoms with Crippen LogP contribution >= 0.6 is 0 Å². The molecular weight excluding hydrogens is 294 g/mol. The summed E-state index contributed by atoms with van der Waals surface area (Å²) in [5.74, 6) is 0. The molecule has 1 fully saturated rings. The predicted octanol–water partition coefficient (Wildman–Crippen LogP) is 2.95. The van der Waals surface area contributed by atoms with Crippen LogP contribution < -0.4 is 0 Å². The van der Waals surface area contributed by atoms with Crippen molar-refractivity contribution in [2.24, 2.45) is 0 Å². The number of carbonyl (C=O) groups excluding carboxylic acids is 1. The lowest BCUT2D eigenvalue weighted by atomic mass is 10.1. The Labute approximate surface area is 138 Å². The van der Waals surface area contributed by atoms with Crippen molar-refractivity contribution in [3.05, 3.63) is 17.0 Å². The van der Waals surface area contributed by atoms with Gasteiger partial charge in [-0.2, -0.15) is 5.10 Å². The summed E-state index contributed by atoms with van der Waals surface area (Å²) in [6.45, 7) is 10.5. The van der Waals surface area contributed by atoms with Crippen molar-refractivity contribution in [1.82, 2.24) is 14.7 Å². The first-order valence-corrected chi connectivity index (χ1v) is 8.39. The fourth-order valence-corrected chi connectivity index (χ4v) is 3.14. The number of ether oxygens (including phenoxy) is 1. The van der Waals surface area contributed by atoms with Crippen molar-refractivity contribution in [1.29, 1.82) is 0 Å². The Morgan fingerprint density at radius 3 is 2.70 bits per heavy atom. The van der Waals surface area contributed by atoms with Crippen LogP contribution in [-0.2, 0) is 11.2 Å². The topological polar surface area (TPSA) is 67.6 Å². The Kier molecular flexibility index (Phi) is 5.34. The third-order valence-electron chi connectivity index (χ3n) is 4.19. The number of aryl methyl sites for hydroxylation is 1. The van der Waals surface area contributed by atoms with Gasteiger partial charge in [0.25, 0.3) is 0 Å². The quantitative estimate of drug-likeness (QED) is 0.925. The highest BCUT2D eigenvalue weighted by atomic mass is 16.6. The number of hydrogen-bond donors (Lipinski definition) is 1. The summed E-state index contributed by atoms with van der Waals surface area (Å²) in [4.78, 5) is 14.2. The van der Waals surface area contributed by atoms with Gasteiger partial charge in [-0.15, -0.1) is 0 Å². The molecule has 1 unspecified atom stereocenters. The molecule has 0 aliphatic carbocycles. The van der Waals surface area contributed by atoms with Crippen molar-refractivity contribution in [3.8, 4) is 0 Å². The molecule has 0 aromatic carbocycles. The second-order valence-corrected chi connectivity index (χ2v) is 7.22. The summed E-state index contributed by atoms with van der Waals surface area (Å²) < 4.78 is 7.49. The standard InChI is InChI=1S/C17H29N3O3/c1-12-14(8-7-11-21)13(2)20(18-12)15-9-6-10-19(15)16(22)23-17(3,4)5/h15,21H,6-11H2,1-5H3. The lowest BCUT2D eigenvalue weighted by molar-refractivity contribution is 0.0147. The van der Waals surface area contributed by atoms with Gasteiger partial charge in [0.05, 0.1) is 5.69 Å². The number of amides is 1. The van der Waals surface area contributed by atoms with Crippen molar-refractivity contribution in [2.75, 3.05) is 13.2 Å². The lowest BCUT2D eigenvalue weighted by Gasteiger charge is -2.29. The number of aliphatic hydroxyl groups excluding tert-OH is 1. The number of hydrogen-bond acceptors (Lipinski definition) is 4. The minimum atomic E-state index is -0.494. The monoisotopic (exact) mass is 323 g/mol. The molecule has 6 nitrogen and oxygen atoms in total. The Morgan fingerprint density at radius 2 is 2.09 bits per heavy atom. The average molecular weight is 323 g/mol. The number of aromatic nitrogens is 2. The van der Waals surface area contributed by atoms with Gasteiger partial charge in [-0.05, 0) is 65.9 Å². The van der Waals surface area contributed by atoms with E-state index in [1.807, 2.05) is 39.3 Å². The van der Waals surface area contributed by atoms with Crippen molar-refractivity contribution in [3.63, 3.8) is 0 Å². The van der Waals surface area contributed by atoms with Crippen molar-refractivity contribution in [2.45, 2.75) is 72.1 Å². The third kappa shape index (κ3) is 4.05. The van der Waals surface area contributed by atoms with Gasteiger partial charge in [0, 0.05) is 18.8 Å². The van der Waals surface area contributed by atoms with E-state index in [4.69, 9.17) is 9.84 Å². The molecule has 6 heteroatoms. The SMILES string of the molecule is Cc1nn(C2CCCN2C(=O)OC(C)(C)C)c(C)c1CCCO. The van der Waals surface area contributed by atoms with Gasteiger partial charge >= 0.3 is 6.09 Å². The maximum absolute atomic E-state index is 12.4. The van der Waals surface area contributed by atoms with Gasteiger partial charge in [0.2, 0.25) is 0 Å². The van der Waals surface area contributed by atoms with Crippen LogP contribution in [0.5, 0.6) is 0 Å². The van der Waals surface area contributed by atoms with E-state index in [9.17, 15) is 4.79 Å². The maximum atomic E-state index is 12.4. The Bertz CT molecular complexity index is 560. The molecule has 130 valence electrons. The van der Waals surface area contributed by atoms with Gasteiger partial charge in [-0.3, -0.25) is 4.90 Å². The highest BCUT2D eigenvalue weighted by molar-refractivity contribution is 5.68. The molecule has 1 aliphatic heterocycles. The van der Waals surface area contributed by atoms with Crippen LogP contribution in [0.15, 0.2) is 0 Å². The van der Waals surface area contributed by atoms with Gasteiger partial charge in [0.15, 0.2) is 0 Å². The van der Waals surface area contributed by atoms with E-state index in [1.165, 1.54) is 5.56 Å². The van der Waals surface area contributed by atoms with E-state index in [2.05, 4.69) is 5.10 Å². The minimum Gasteiger partial charge on any atom is -0.444 e. The van der Waals surface area contributed by atoms with Crippen LogP contribution in [0.4, 0.5) is 4.79 Å². The number of rotatable bonds is 4. The summed E-state index contributed by atoms with van der Waals surface area (Å²) >= 11 is 0. The summed E-state index contributed by atoms with van der Waals surface area (Å²) in [5.41, 5.74) is 2.74. The molecule has 1 aromatic rings. The zero-order chi connectivity index (χ0) is 17.2. The fourth-order valence-electron chi connectivity index (χ4n) is 3.14.